The van der Waals surface area contributed by atoms with Crippen LogP contribution in [0.4, 0.5) is 5.69 Å². The highest BCUT2D eigenvalue weighted by Crippen LogP contribution is 2.29. The lowest BCUT2D eigenvalue weighted by atomic mass is 10.2. The molecule has 0 aromatic heterocycles. The van der Waals surface area contributed by atoms with E-state index in [1.807, 2.05) is 6.92 Å². The molecule has 0 atom stereocenters. The zero-order chi connectivity index (χ0) is 22.4. The van der Waals surface area contributed by atoms with E-state index >= 15 is 0 Å². The molecule has 31 heavy (non-hydrogen) atoms. The molecule has 1 aliphatic rings. The van der Waals surface area contributed by atoms with Crippen molar-refractivity contribution in [2.24, 2.45) is 5.10 Å². The highest BCUT2D eigenvalue weighted by Gasteiger charge is 2.28. The SMILES string of the molecule is Cc1ccc(S(=O)(=O)N(CC(=O)NN=C2CCCCCC2)c2cc(Cl)cc(Cl)c2)cc1. The Morgan fingerprint density at radius 3 is 2.16 bits per heavy atom. The van der Waals surface area contributed by atoms with Crippen LogP contribution >= 0.6 is 23.2 Å². The molecule has 1 saturated carbocycles. The molecule has 2 aromatic carbocycles. The molecule has 0 spiro atoms. The zero-order valence-electron chi connectivity index (χ0n) is 17.3. The lowest BCUT2D eigenvalue weighted by Crippen LogP contribution is -2.39. The fourth-order valence-electron chi connectivity index (χ4n) is 3.39. The molecule has 0 heterocycles. The molecular weight excluding hydrogens is 457 g/mol. The van der Waals surface area contributed by atoms with Gasteiger partial charge in [0.15, 0.2) is 0 Å². The van der Waals surface area contributed by atoms with Crippen LogP contribution in [-0.4, -0.2) is 26.6 Å². The minimum absolute atomic E-state index is 0.0667. The van der Waals surface area contributed by atoms with Crippen molar-refractivity contribution in [3.8, 4) is 0 Å². The van der Waals surface area contributed by atoms with E-state index in [1.165, 1.54) is 30.3 Å². The normalized spacial score (nSPS) is 14.6. The number of nitrogens with zero attached hydrogens (tertiary/aromatic N) is 2. The van der Waals surface area contributed by atoms with E-state index in [4.69, 9.17) is 23.2 Å². The third-order valence-electron chi connectivity index (χ3n) is 5.05. The second-order valence-corrected chi connectivity index (χ2v) is 10.3. The Hall–Kier alpha value is -2.09. The quantitative estimate of drug-likeness (QED) is 0.447. The summed E-state index contributed by atoms with van der Waals surface area (Å²) in [5, 5.41) is 4.77. The molecular formula is C22H25Cl2N3O3S. The molecule has 6 nitrogen and oxygen atoms in total. The van der Waals surface area contributed by atoms with Crippen molar-refractivity contribution in [3.05, 3.63) is 58.1 Å². The van der Waals surface area contributed by atoms with Gasteiger partial charge < -0.3 is 0 Å². The Bertz CT molecular complexity index is 1040. The molecule has 1 aliphatic carbocycles. The van der Waals surface area contributed by atoms with Crippen LogP contribution in [0.25, 0.3) is 0 Å². The number of amides is 1. The fourth-order valence-corrected chi connectivity index (χ4v) is 5.31. The van der Waals surface area contributed by atoms with E-state index in [-0.39, 0.29) is 20.6 Å². The topological polar surface area (TPSA) is 78.8 Å². The van der Waals surface area contributed by atoms with Gasteiger partial charge in [0.25, 0.3) is 15.9 Å². The van der Waals surface area contributed by atoms with Crippen LogP contribution in [0.3, 0.4) is 0 Å². The number of hydrogen-bond donors (Lipinski definition) is 1. The molecule has 1 amide bonds. The van der Waals surface area contributed by atoms with Gasteiger partial charge in [-0.25, -0.2) is 13.8 Å². The maximum Gasteiger partial charge on any atom is 0.264 e. The Morgan fingerprint density at radius 1 is 1.00 bits per heavy atom. The predicted molar refractivity (Wildman–Crippen MR) is 125 cm³/mol. The minimum Gasteiger partial charge on any atom is -0.271 e. The number of hydrazone groups is 1. The molecule has 1 N–H and O–H groups in total. The van der Waals surface area contributed by atoms with Crippen molar-refractivity contribution in [1.29, 1.82) is 0 Å². The first-order valence-corrected chi connectivity index (χ1v) is 12.3. The first-order chi connectivity index (χ1) is 14.8. The standard InChI is InChI=1S/C22H25Cl2N3O3S/c1-16-8-10-21(11-9-16)31(29,30)27(20-13-17(23)12-18(24)14-20)15-22(28)26-25-19-6-4-2-3-5-7-19/h8-14H,2-7,15H2,1H3,(H,26,28). The summed E-state index contributed by atoms with van der Waals surface area (Å²) in [5.41, 5.74) is 4.58. The number of anilines is 1. The second kappa shape index (κ2) is 10.5. The third kappa shape index (κ3) is 6.45. The maximum absolute atomic E-state index is 13.4. The van der Waals surface area contributed by atoms with Crippen LogP contribution in [0.5, 0.6) is 0 Å². The van der Waals surface area contributed by atoms with Gasteiger partial charge in [0.2, 0.25) is 0 Å². The van der Waals surface area contributed by atoms with Gasteiger partial charge in [-0.05, 0) is 62.9 Å². The number of halogens is 2. The highest BCUT2D eigenvalue weighted by atomic mass is 35.5. The van der Waals surface area contributed by atoms with E-state index in [0.29, 0.717) is 0 Å². The van der Waals surface area contributed by atoms with Gasteiger partial charge in [0, 0.05) is 15.8 Å². The summed E-state index contributed by atoms with van der Waals surface area (Å²) >= 11 is 12.2. The number of aryl methyl sites for hydroxylation is 1. The van der Waals surface area contributed by atoms with Crippen LogP contribution in [0.1, 0.15) is 44.1 Å². The van der Waals surface area contributed by atoms with E-state index in [0.717, 1.165) is 54.1 Å². The van der Waals surface area contributed by atoms with Crippen molar-refractivity contribution >= 4 is 50.5 Å². The predicted octanol–water partition coefficient (Wildman–Crippen LogP) is 5.32. The number of carbonyl (C=O) groups excluding carboxylic acids is 1. The van der Waals surface area contributed by atoms with Crippen molar-refractivity contribution in [1.82, 2.24) is 5.43 Å². The summed E-state index contributed by atoms with van der Waals surface area (Å²) in [4.78, 5) is 12.7. The van der Waals surface area contributed by atoms with Gasteiger partial charge >= 0.3 is 0 Å². The van der Waals surface area contributed by atoms with E-state index < -0.39 is 22.5 Å². The summed E-state index contributed by atoms with van der Waals surface area (Å²) in [7, 11) is -4.04. The summed E-state index contributed by atoms with van der Waals surface area (Å²) in [5.74, 6) is -0.538. The average Bonchev–Trinajstić information content (AvgIpc) is 2.99. The summed E-state index contributed by atoms with van der Waals surface area (Å²) in [6, 6.07) is 10.8. The van der Waals surface area contributed by atoms with Crippen LogP contribution in [-0.2, 0) is 14.8 Å². The van der Waals surface area contributed by atoms with Crippen molar-refractivity contribution < 1.29 is 13.2 Å². The molecule has 166 valence electrons. The highest BCUT2D eigenvalue weighted by molar-refractivity contribution is 7.92. The van der Waals surface area contributed by atoms with Gasteiger partial charge in [-0.1, -0.05) is 53.7 Å². The molecule has 9 heteroatoms. The number of benzene rings is 2. The smallest absolute Gasteiger partial charge is 0.264 e. The van der Waals surface area contributed by atoms with Crippen LogP contribution < -0.4 is 9.73 Å². The van der Waals surface area contributed by atoms with Crippen LogP contribution in [0.15, 0.2) is 52.5 Å². The Balaban J connectivity index is 1.89. The van der Waals surface area contributed by atoms with Gasteiger partial charge in [0.05, 0.1) is 10.6 Å². The van der Waals surface area contributed by atoms with Crippen molar-refractivity contribution in [2.45, 2.75) is 50.3 Å². The van der Waals surface area contributed by atoms with E-state index in [1.54, 1.807) is 12.1 Å². The monoisotopic (exact) mass is 481 g/mol. The zero-order valence-corrected chi connectivity index (χ0v) is 19.6. The van der Waals surface area contributed by atoms with E-state index in [9.17, 15) is 13.2 Å². The van der Waals surface area contributed by atoms with E-state index in [2.05, 4.69) is 10.5 Å². The van der Waals surface area contributed by atoms with Crippen molar-refractivity contribution in [2.75, 3.05) is 10.8 Å². The van der Waals surface area contributed by atoms with Gasteiger partial charge in [0.1, 0.15) is 6.54 Å². The number of hydrogen-bond acceptors (Lipinski definition) is 4. The Labute approximate surface area is 193 Å². The molecule has 1 fully saturated rings. The fraction of sp³-hybridized carbons (Fsp3) is 0.364. The lowest BCUT2D eigenvalue weighted by molar-refractivity contribution is -0.119. The molecule has 0 unspecified atom stereocenters. The summed E-state index contributed by atoms with van der Waals surface area (Å²) in [6.45, 7) is 1.41. The summed E-state index contributed by atoms with van der Waals surface area (Å²) in [6.07, 6.45) is 6.09. The first-order valence-electron chi connectivity index (χ1n) is 10.2. The molecule has 0 aliphatic heterocycles. The molecule has 3 rings (SSSR count). The molecule has 0 saturated heterocycles. The number of nitrogens with one attached hydrogen (secondary N) is 1. The van der Waals surface area contributed by atoms with Crippen LogP contribution in [0, 0.1) is 6.92 Å². The number of rotatable bonds is 6. The molecule has 0 radical (unpaired) electrons. The summed E-state index contributed by atoms with van der Waals surface area (Å²) < 4.78 is 27.8. The third-order valence-corrected chi connectivity index (χ3v) is 7.28. The Kier molecular flexibility index (Phi) is 7.97. The largest absolute Gasteiger partial charge is 0.271 e. The Morgan fingerprint density at radius 2 is 1.58 bits per heavy atom. The minimum atomic E-state index is -4.04. The number of sulfonamides is 1. The second-order valence-electron chi connectivity index (χ2n) is 7.58. The average molecular weight is 482 g/mol. The van der Waals surface area contributed by atoms with Gasteiger partial charge in [-0.15, -0.1) is 0 Å². The maximum atomic E-state index is 13.4. The number of carbonyl (C=O) groups is 1. The lowest BCUT2D eigenvalue weighted by Gasteiger charge is -2.24. The van der Waals surface area contributed by atoms with Gasteiger partial charge in [-0.2, -0.15) is 5.10 Å². The van der Waals surface area contributed by atoms with Gasteiger partial charge in [-0.3, -0.25) is 9.10 Å². The van der Waals surface area contributed by atoms with Crippen LogP contribution in [0.2, 0.25) is 10.0 Å². The van der Waals surface area contributed by atoms with Crippen molar-refractivity contribution in [3.63, 3.8) is 0 Å². The molecule has 2 aromatic rings. The first kappa shape index (κ1) is 23.6. The molecule has 0 bridgehead atoms.